The lowest BCUT2D eigenvalue weighted by Gasteiger charge is -2.63. The van der Waals surface area contributed by atoms with E-state index in [4.69, 9.17) is 9.47 Å². The second kappa shape index (κ2) is 9.54. The van der Waals surface area contributed by atoms with Crippen molar-refractivity contribution in [3.63, 3.8) is 0 Å². The molecular weight excluding hydrogens is 504 g/mol. The minimum absolute atomic E-state index is 0.0505. The van der Waals surface area contributed by atoms with Gasteiger partial charge in [-0.1, -0.05) is 19.9 Å². The second-order valence-electron chi connectivity index (χ2n) is 11.5. The van der Waals surface area contributed by atoms with Gasteiger partial charge in [0.05, 0.1) is 6.10 Å². The number of carbonyl (C=O) groups is 3. The summed E-state index contributed by atoms with van der Waals surface area (Å²) in [5.74, 6) is -2.34. The predicted octanol–water partition coefficient (Wildman–Crippen LogP) is 4.24. The summed E-state index contributed by atoms with van der Waals surface area (Å²) in [5.41, 5.74) is -6.38. The number of carbonyl (C=O) groups excluding carboxylic acids is 3. The van der Waals surface area contributed by atoms with E-state index >= 15 is 8.78 Å². The lowest BCUT2D eigenvalue weighted by molar-refractivity contribution is -0.243. The van der Waals surface area contributed by atoms with Crippen LogP contribution in [0.4, 0.5) is 13.6 Å². The number of hydrogen-bond donors (Lipinski definition) is 1. The van der Waals surface area contributed by atoms with E-state index < -0.39 is 68.3 Å². The Morgan fingerprint density at radius 2 is 1.92 bits per heavy atom. The van der Waals surface area contributed by atoms with Crippen molar-refractivity contribution in [1.29, 1.82) is 0 Å². The first kappa shape index (κ1) is 28.4. The van der Waals surface area contributed by atoms with Crippen molar-refractivity contribution in [2.45, 2.75) is 70.5 Å². The number of amides is 1. The quantitative estimate of drug-likeness (QED) is 0.411. The fourth-order valence-electron chi connectivity index (χ4n) is 7.79. The van der Waals surface area contributed by atoms with Gasteiger partial charge in [0.1, 0.15) is 18.6 Å². The van der Waals surface area contributed by atoms with Gasteiger partial charge in [0.2, 0.25) is 5.12 Å². The largest absolute Gasteiger partial charge is 0.390 e. The maximum absolute atomic E-state index is 17.4. The number of hydrogen-bond acceptors (Lipinski definition) is 7. The van der Waals surface area contributed by atoms with E-state index in [0.29, 0.717) is 24.8 Å². The summed E-state index contributed by atoms with van der Waals surface area (Å²) in [6, 6.07) is 0. The fourth-order valence-corrected chi connectivity index (χ4v) is 8.78. The molecule has 2 unspecified atom stereocenters. The molecule has 1 N–H and O–H groups in total. The molecule has 3 fully saturated rings. The Hall–Kier alpha value is -1.62. The Morgan fingerprint density at radius 3 is 2.54 bits per heavy atom. The number of ether oxygens (including phenoxy) is 2. The van der Waals surface area contributed by atoms with E-state index in [2.05, 4.69) is 0 Å². The van der Waals surface area contributed by atoms with Crippen molar-refractivity contribution in [2.75, 3.05) is 27.5 Å². The molecule has 0 radical (unpaired) electrons. The van der Waals surface area contributed by atoms with Crippen molar-refractivity contribution in [2.24, 2.45) is 28.6 Å². The Labute approximate surface area is 221 Å². The average molecular weight is 542 g/mol. The first-order valence-corrected chi connectivity index (χ1v) is 13.6. The van der Waals surface area contributed by atoms with Crippen LogP contribution in [0.25, 0.3) is 0 Å². The van der Waals surface area contributed by atoms with Gasteiger partial charge >= 0.3 is 0 Å². The number of thioether (sulfide) groups is 1. The molecule has 0 aromatic heterocycles. The Kier molecular flexibility index (Phi) is 7.32. The van der Waals surface area contributed by atoms with Crippen molar-refractivity contribution in [3.8, 4) is 0 Å². The summed E-state index contributed by atoms with van der Waals surface area (Å²) in [5, 5.41) is 10.6. The molecule has 0 aromatic rings. The molecule has 0 aliphatic heterocycles. The molecule has 37 heavy (non-hydrogen) atoms. The number of allylic oxidation sites excluding steroid dienone is 4. The summed E-state index contributed by atoms with van der Waals surface area (Å²) in [6.07, 6.45) is 0.635. The van der Waals surface area contributed by atoms with Crippen molar-refractivity contribution in [1.82, 2.24) is 4.90 Å². The average Bonchev–Trinajstić information content (AvgIpc) is 3.04. The number of nitrogens with zero attached hydrogens (tertiary/aromatic N) is 1. The standard InChI is InChI=1S/C27H37F2NO6S/c1-7-35-14-36-27(22(33)37-23(34)30(5)6)15(2)10-17-18-12-20(28)19-11-16(31)8-9-24(19,3)26(18,29)21(32)13-25(17,27)4/h8-9,11,15,17-18,20-21,32H,7,10,12-14H2,1-6H3/t15-,17?,18?,20+,21+,24+,25+,26+,27+/m1/s1. The molecule has 0 spiro atoms. The molecule has 4 rings (SSSR count). The lowest BCUT2D eigenvalue weighted by atomic mass is 9.44. The summed E-state index contributed by atoms with van der Waals surface area (Å²) < 4.78 is 44.7. The highest BCUT2D eigenvalue weighted by Crippen LogP contribution is 2.72. The van der Waals surface area contributed by atoms with Crippen LogP contribution in [0.5, 0.6) is 0 Å². The maximum Gasteiger partial charge on any atom is 0.288 e. The van der Waals surface area contributed by atoms with Crippen LogP contribution < -0.4 is 0 Å². The summed E-state index contributed by atoms with van der Waals surface area (Å²) in [4.78, 5) is 39.8. The van der Waals surface area contributed by atoms with Gasteiger partial charge in [-0.25, -0.2) is 8.78 Å². The monoisotopic (exact) mass is 541 g/mol. The van der Waals surface area contributed by atoms with Gasteiger partial charge in [-0.3, -0.25) is 14.4 Å². The third-order valence-electron chi connectivity index (χ3n) is 9.59. The van der Waals surface area contributed by atoms with Crippen molar-refractivity contribution < 1.29 is 37.7 Å². The molecule has 10 heteroatoms. The zero-order chi connectivity index (χ0) is 27.6. The number of rotatable bonds is 5. The molecule has 1 amide bonds. The number of halogens is 2. The highest BCUT2D eigenvalue weighted by molar-refractivity contribution is 8.26. The molecule has 3 saturated carbocycles. The van der Waals surface area contributed by atoms with Crippen LogP contribution in [-0.2, 0) is 19.1 Å². The minimum atomic E-state index is -2.26. The Bertz CT molecular complexity index is 1050. The number of ketones is 1. The van der Waals surface area contributed by atoms with E-state index in [1.165, 1.54) is 17.1 Å². The van der Waals surface area contributed by atoms with Gasteiger partial charge in [0.25, 0.3) is 5.24 Å². The number of fused-ring (bicyclic) bond motifs is 5. The van der Waals surface area contributed by atoms with Gasteiger partial charge in [-0.2, -0.15) is 0 Å². The molecule has 4 aliphatic rings. The topological polar surface area (TPSA) is 93.1 Å². The number of aliphatic hydroxyl groups excluding tert-OH is 1. The predicted molar refractivity (Wildman–Crippen MR) is 135 cm³/mol. The smallest absolute Gasteiger partial charge is 0.288 e. The lowest BCUT2D eigenvalue weighted by Crippen LogP contribution is -2.70. The van der Waals surface area contributed by atoms with Crippen LogP contribution in [0.2, 0.25) is 0 Å². The van der Waals surface area contributed by atoms with E-state index in [1.807, 2.05) is 6.92 Å². The van der Waals surface area contributed by atoms with E-state index in [-0.39, 0.29) is 25.2 Å². The third-order valence-corrected chi connectivity index (χ3v) is 10.6. The number of aliphatic hydroxyl groups is 1. The molecular formula is C27H37F2NO6S. The normalized spacial score (nSPS) is 44.5. The Morgan fingerprint density at radius 1 is 1.24 bits per heavy atom. The van der Waals surface area contributed by atoms with Crippen LogP contribution in [0.3, 0.4) is 0 Å². The first-order valence-electron chi connectivity index (χ1n) is 12.8. The molecule has 0 aromatic carbocycles. The van der Waals surface area contributed by atoms with Crippen LogP contribution >= 0.6 is 11.8 Å². The molecule has 7 nitrogen and oxygen atoms in total. The van der Waals surface area contributed by atoms with Crippen LogP contribution in [0.15, 0.2) is 23.8 Å². The van der Waals surface area contributed by atoms with Crippen molar-refractivity contribution in [3.05, 3.63) is 23.8 Å². The van der Waals surface area contributed by atoms with Gasteiger partial charge in [-0.15, -0.1) is 0 Å². The summed E-state index contributed by atoms with van der Waals surface area (Å²) in [7, 11) is 3.08. The molecule has 9 atom stereocenters. The molecule has 4 aliphatic carbocycles. The van der Waals surface area contributed by atoms with Crippen LogP contribution in [0, 0.1) is 28.6 Å². The second-order valence-corrected chi connectivity index (χ2v) is 12.5. The number of alkyl halides is 2. The third kappa shape index (κ3) is 3.80. The van der Waals surface area contributed by atoms with Crippen molar-refractivity contribution >= 4 is 27.9 Å². The maximum atomic E-state index is 17.4. The zero-order valence-electron chi connectivity index (χ0n) is 22.3. The molecule has 0 saturated heterocycles. The van der Waals surface area contributed by atoms with Gasteiger partial charge in [0.15, 0.2) is 11.5 Å². The molecule has 206 valence electrons. The van der Waals surface area contributed by atoms with Gasteiger partial charge in [-0.05, 0) is 62.7 Å². The van der Waals surface area contributed by atoms with E-state index in [1.54, 1.807) is 34.9 Å². The molecule has 0 heterocycles. The first-order chi connectivity index (χ1) is 17.2. The van der Waals surface area contributed by atoms with Gasteiger partial charge < -0.3 is 19.5 Å². The van der Waals surface area contributed by atoms with E-state index in [0.717, 1.165) is 6.08 Å². The minimum Gasteiger partial charge on any atom is -0.390 e. The summed E-state index contributed by atoms with van der Waals surface area (Å²) in [6.45, 7) is 7.06. The zero-order valence-corrected chi connectivity index (χ0v) is 23.1. The highest BCUT2D eigenvalue weighted by atomic mass is 32.2. The van der Waals surface area contributed by atoms with Crippen LogP contribution in [-0.4, -0.2) is 77.2 Å². The Balaban J connectivity index is 1.82. The van der Waals surface area contributed by atoms with E-state index in [9.17, 15) is 19.5 Å². The fraction of sp³-hybridized carbons (Fsp3) is 0.741. The van der Waals surface area contributed by atoms with Crippen LogP contribution in [0.1, 0.15) is 47.0 Å². The molecule has 0 bridgehead atoms. The SMILES string of the molecule is CCOCO[C@]1(C(=O)SC(=O)N(C)C)[C@H](C)CC2C3C[C@H](F)C4=CC(=O)C=C[C@]4(C)[C@@]3(F)[C@@H](O)C[C@@]21C. The van der Waals surface area contributed by atoms with Gasteiger partial charge in [0, 0.05) is 49.2 Å². The highest BCUT2D eigenvalue weighted by Gasteiger charge is 2.77. The summed E-state index contributed by atoms with van der Waals surface area (Å²) >= 11 is 0.528.